The van der Waals surface area contributed by atoms with E-state index in [1.54, 1.807) is 6.20 Å². The third-order valence-electron chi connectivity index (χ3n) is 2.60. The minimum Gasteiger partial charge on any atom is -0.494 e. The van der Waals surface area contributed by atoms with E-state index in [4.69, 9.17) is 9.47 Å². The lowest BCUT2D eigenvalue weighted by Crippen LogP contribution is -1.99. The number of aromatic nitrogens is 1. The van der Waals surface area contributed by atoms with Gasteiger partial charge in [0.05, 0.1) is 6.61 Å². The third-order valence-corrected chi connectivity index (χ3v) is 2.60. The van der Waals surface area contributed by atoms with Gasteiger partial charge in [-0.15, -0.1) is 0 Å². The van der Waals surface area contributed by atoms with Crippen molar-refractivity contribution in [3.63, 3.8) is 0 Å². The Labute approximate surface area is 113 Å². The van der Waals surface area contributed by atoms with Crippen LogP contribution in [-0.4, -0.2) is 18.6 Å². The number of nitrogens with one attached hydrogen (secondary N) is 1. The number of benzene rings is 1. The Kier molecular flexibility index (Phi) is 4.61. The Bertz CT molecular complexity index is 529. The zero-order valence-corrected chi connectivity index (χ0v) is 11.2. The highest BCUT2D eigenvalue weighted by molar-refractivity contribution is 5.37. The van der Waals surface area contributed by atoms with Gasteiger partial charge in [-0.1, -0.05) is 6.07 Å². The van der Waals surface area contributed by atoms with Crippen molar-refractivity contribution in [3.8, 4) is 11.5 Å². The predicted molar refractivity (Wildman–Crippen MR) is 75.7 cm³/mol. The van der Waals surface area contributed by atoms with Crippen LogP contribution >= 0.6 is 0 Å². The standard InChI is InChI=1S/C15H18N2O2/c1-3-18-13-5-4-6-14(10-13)19-11-12-7-8-17-15(9-12)16-2/h4-10H,3,11H2,1-2H3,(H,16,17). The van der Waals surface area contributed by atoms with Crippen molar-refractivity contribution in [2.45, 2.75) is 13.5 Å². The molecule has 100 valence electrons. The molecule has 0 aliphatic rings. The predicted octanol–water partition coefficient (Wildman–Crippen LogP) is 3.10. The number of pyridine rings is 1. The molecule has 0 saturated heterocycles. The smallest absolute Gasteiger partial charge is 0.126 e. The molecule has 0 aliphatic heterocycles. The second kappa shape index (κ2) is 6.64. The number of hydrogen-bond acceptors (Lipinski definition) is 4. The summed E-state index contributed by atoms with van der Waals surface area (Å²) in [5, 5.41) is 3.00. The van der Waals surface area contributed by atoms with Crippen LogP contribution in [0, 0.1) is 0 Å². The molecule has 0 amide bonds. The molecule has 1 heterocycles. The van der Waals surface area contributed by atoms with Crippen LogP contribution in [0.4, 0.5) is 5.82 Å². The third kappa shape index (κ3) is 3.88. The zero-order chi connectivity index (χ0) is 13.5. The SMILES string of the molecule is CCOc1cccc(OCc2ccnc(NC)c2)c1. The molecule has 0 unspecified atom stereocenters. The van der Waals surface area contributed by atoms with E-state index in [1.165, 1.54) is 0 Å². The second-order valence-corrected chi connectivity index (χ2v) is 4.00. The van der Waals surface area contributed by atoms with E-state index in [-0.39, 0.29) is 0 Å². The fraction of sp³-hybridized carbons (Fsp3) is 0.267. The highest BCUT2D eigenvalue weighted by Crippen LogP contribution is 2.20. The van der Waals surface area contributed by atoms with Gasteiger partial charge in [-0.05, 0) is 36.8 Å². The molecule has 0 spiro atoms. The lowest BCUT2D eigenvalue weighted by molar-refractivity contribution is 0.299. The van der Waals surface area contributed by atoms with Gasteiger partial charge < -0.3 is 14.8 Å². The normalized spacial score (nSPS) is 10.0. The van der Waals surface area contributed by atoms with Crippen LogP contribution in [0.3, 0.4) is 0 Å². The first-order chi connectivity index (χ1) is 9.31. The lowest BCUT2D eigenvalue weighted by atomic mass is 10.2. The highest BCUT2D eigenvalue weighted by Gasteiger charge is 2.00. The summed E-state index contributed by atoms with van der Waals surface area (Å²) in [5.41, 5.74) is 1.07. The molecule has 2 rings (SSSR count). The molecule has 4 heteroatoms. The number of anilines is 1. The van der Waals surface area contributed by atoms with Gasteiger partial charge in [0.25, 0.3) is 0 Å². The molecule has 0 bridgehead atoms. The summed E-state index contributed by atoms with van der Waals surface area (Å²) in [6, 6.07) is 11.6. The Morgan fingerprint density at radius 2 is 1.89 bits per heavy atom. The van der Waals surface area contributed by atoms with Crippen LogP contribution in [0.1, 0.15) is 12.5 Å². The molecule has 0 fully saturated rings. The van der Waals surface area contributed by atoms with Gasteiger partial charge in [0.1, 0.15) is 23.9 Å². The van der Waals surface area contributed by atoms with Gasteiger partial charge in [0.15, 0.2) is 0 Å². The van der Waals surface area contributed by atoms with E-state index in [1.807, 2.05) is 50.4 Å². The topological polar surface area (TPSA) is 43.4 Å². The second-order valence-electron chi connectivity index (χ2n) is 4.00. The summed E-state index contributed by atoms with van der Waals surface area (Å²) in [6.07, 6.45) is 1.77. The number of nitrogens with zero attached hydrogens (tertiary/aromatic N) is 1. The van der Waals surface area contributed by atoms with Crippen LogP contribution in [0.5, 0.6) is 11.5 Å². The van der Waals surface area contributed by atoms with Crippen LogP contribution in [0.15, 0.2) is 42.6 Å². The molecule has 4 nitrogen and oxygen atoms in total. The van der Waals surface area contributed by atoms with E-state index in [9.17, 15) is 0 Å². The fourth-order valence-corrected chi connectivity index (χ4v) is 1.69. The van der Waals surface area contributed by atoms with Crippen molar-refractivity contribution in [3.05, 3.63) is 48.2 Å². The maximum absolute atomic E-state index is 5.74. The van der Waals surface area contributed by atoms with Gasteiger partial charge in [0, 0.05) is 19.3 Å². The number of hydrogen-bond donors (Lipinski definition) is 1. The molecule has 0 radical (unpaired) electrons. The Morgan fingerprint density at radius 1 is 1.11 bits per heavy atom. The molecule has 19 heavy (non-hydrogen) atoms. The Hall–Kier alpha value is -2.23. The molecule has 1 aromatic carbocycles. The van der Waals surface area contributed by atoms with Crippen molar-refractivity contribution in [2.24, 2.45) is 0 Å². The van der Waals surface area contributed by atoms with Gasteiger partial charge in [-0.3, -0.25) is 0 Å². The molecule has 0 saturated carbocycles. The lowest BCUT2D eigenvalue weighted by Gasteiger charge is -2.09. The van der Waals surface area contributed by atoms with Gasteiger partial charge in [-0.2, -0.15) is 0 Å². The van der Waals surface area contributed by atoms with E-state index >= 15 is 0 Å². The van der Waals surface area contributed by atoms with Crippen molar-refractivity contribution >= 4 is 5.82 Å². The van der Waals surface area contributed by atoms with Crippen molar-refractivity contribution in [2.75, 3.05) is 19.0 Å². The maximum atomic E-state index is 5.74. The molecular formula is C15H18N2O2. The largest absolute Gasteiger partial charge is 0.494 e. The molecule has 0 aliphatic carbocycles. The molecule has 1 aromatic heterocycles. The number of ether oxygens (including phenoxy) is 2. The monoisotopic (exact) mass is 258 g/mol. The van der Waals surface area contributed by atoms with E-state index in [0.717, 1.165) is 22.9 Å². The summed E-state index contributed by atoms with van der Waals surface area (Å²) < 4.78 is 11.2. The van der Waals surface area contributed by atoms with E-state index < -0.39 is 0 Å². The highest BCUT2D eigenvalue weighted by atomic mass is 16.5. The zero-order valence-electron chi connectivity index (χ0n) is 11.2. The van der Waals surface area contributed by atoms with E-state index in [0.29, 0.717) is 13.2 Å². The first-order valence-corrected chi connectivity index (χ1v) is 6.30. The quantitative estimate of drug-likeness (QED) is 0.864. The van der Waals surface area contributed by atoms with Crippen LogP contribution in [0.2, 0.25) is 0 Å². The summed E-state index contributed by atoms with van der Waals surface area (Å²) >= 11 is 0. The molecular weight excluding hydrogens is 240 g/mol. The maximum Gasteiger partial charge on any atom is 0.126 e. The van der Waals surface area contributed by atoms with E-state index in [2.05, 4.69) is 10.3 Å². The van der Waals surface area contributed by atoms with Crippen molar-refractivity contribution < 1.29 is 9.47 Å². The van der Waals surface area contributed by atoms with Crippen LogP contribution in [0.25, 0.3) is 0 Å². The Morgan fingerprint density at radius 3 is 2.63 bits per heavy atom. The Balaban J connectivity index is 1.99. The first kappa shape index (κ1) is 13.2. The van der Waals surface area contributed by atoms with Gasteiger partial charge >= 0.3 is 0 Å². The number of rotatable bonds is 6. The van der Waals surface area contributed by atoms with Crippen LogP contribution in [-0.2, 0) is 6.61 Å². The summed E-state index contributed by atoms with van der Waals surface area (Å²) in [7, 11) is 1.85. The average molecular weight is 258 g/mol. The average Bonchev–Trinajstić information content (AvgIpc) is 2.46. The van der Waals surface area contributed by atoms with Gasteiger partial charge in [-0.25, -0.2) is 4.98 Å². The fourth-order valence-electron chi connectivity index (χ4n) is 1.69. The summed E-state index contributed by atoms with van der Waals surface area (Å²) in [4.78, 5) is 4.16. The summed E-state index contributed by atoms with van der Waals surface area (Å²) in [5.74, 6) is 2.46. The molecule has 2 aromatic rings. The molecule has 0 atom stereocenters. The molecule has 1 N–H and O–H groups in total. The van der Waals surface area contributed by atoms with Crippen molar-refractivity contribution in [1.29, 1.82) is 0 Å². The van der Waals surface area contributed by atoms with Gasteiger partial charge in [0.2, 0.25) is 0 Å². The summed E-state index contributed by atoms with van der Waals surface area (Å²) in [6.45, 7) is 3.12. The minimum atomic E-state index is 0.507. The minimum absolute atomic E-state index is 0.507. The first-order valence-electron chi connectivity index (χ1n) is 6.30. The van der Waals surface area contributed by atoms with Crippen LogP contribution < -0.4 is 14.8 Å². The van der Waals surface area contributed by atoms with Crippen molar-refractivity contribution in [1.82, 2.24) is 4.98 Å².